The van der Waals surface area contributed by atoms with Crippen LogP contribution in [0.3, 0.4) is 0 Å². The van der Waals surface area contributed by atoms with E-state index >= 15 is 0 Å². The van der Waals surface area contributed by atoms with Crippen LogP contribution in [-0.2, 0) is 4.79 Å². The standard InChI is InChI=1S/C14H23N3O/c1-11(2)13(18)17-9-8-16(14(3,4)5)10-12(17)6-7-15/h12H,1,6,8-10H2,2-5H3. The molecule has 1 unspecified atom stereocenters. The highest BCUT2D eigenvalue weighted by Crippen LogP contribution is 2.21. The maximum absolute atomic E-state index is 12.0. The van der Waals surface area contributed by atoms with Gasteiger partial charge in [0, 0.05) is 30.7 Å². The van der Waals surface area contributed by atoms with Crippen LogP contribution in [0, 0.1) is 11.3 Å². The van der Waals surface area contributed by atoms with Crippen LogP contribution < -0.4 is 0 Å². The molecule has 1 amide bonds. The van der Waals surface area contributed by atoms with Gasteiger partial charge in [0.2, 0.25) is 5.91 Å². The normalized spacial score (nSPS) is 21.5. The number of carbonyl (C=O) groups is 1. The zero-order valence-corrected chi connectivity index (χ0v) is 11.9. The van der Waals surface area contributed by atoms with E-state index in [1.807, 2.05) is 0 Å². The fourth-order valence-electron chi connectivity index (χ4n) is 2.26. The third-order valence-corrected chi connectivity index (χ3v) is 3.38. The van der Waals surface area contributed by atoms with Gasteiger partial charge in [0.15, 0.2) is 0 Å². The highest BCUT2D eigenvalue weighted by atomic mass is 16.2. The number of piperazine rings is 1. The fraction of sp³-hybridized carbons (Fsp3) is 0.714. The molecule has 1 heterocycles. The molecule has 0 aromatic carbocycles. The van der Waals surface area contributed by atoms with E-state index in [0.717, 1.165) is 13.1 Å². The largest absolute Gasteiger partial charge is 0.332 e. The van der Waals surface area contributed by atoms with Gasteiger partial charge >= 0.3 is 0 Å². The van der Waals surface area contributed by atoms with Crippen molar-refractivity contribution in [1.82, 2.24) is 9.80 Å². The van der Waals surface area contributed by atoms with Crippen molar-refractivity contribution in [1.29, 1.82) is 5.26 Å². The first-order valence-corrected chi connectivity index (χ1v) is 6.36. The minimum atomic E-state index is -0.0243. The zero-order valence-electron chi connectivity index (χ0n) is 11.9. The van der Waals surface area contributed by atoms with E-state index < -0.39 is 0 Å². The molecule has 0 radical (unpaired) electrons. The topological polar surface area (TPSA) is 47.3 Å². The molecule has 1 aliphatic heterocycles. The molecule has 100 valence electrons. The maximum atomic E-state index is 12.0. The average molecular weight is 249 g/mol. The Labute approximate surface area is 110 Å². The summed E-state index contributed by atoms with van der Waals surface area (Å²) in [5.74, 6) is -0.0243. The van der Waals surface area contributed by atoms with Gasteiger partial charge in [-0.05, 0) is 27.7 Å². The Morgan fingerprint density at radius 1 is 1.44 bits per heavy atom. The molecular weight excluding hydrogens is 226 g/mol. The molecule has 0 aromatic rings. The van der Waals surface area contributed by atoms with Crippen molar-refractivity contribution in [3.8, 4) is 6.07 Å². The minimum absolute atomic E-state index is 0.0211. The quantitative estimate of drug-likeness (QED) is 0.701. The second-order valence-corrected chi connectivity index (χ2v) is 5.91. The highest BCUT2D eigenvalue weighted by Gasteiger charge is 2.34. The minimum Gasteiger partial charge on any atom is -0.332 e. The molecule has 0 aliphatic carbocycles. The molecular formula is C14H23N3O. The van der Waals surface area contributed by atoms with Crippen LogP contribution in [-0.4, -0.2) is 46.9 Å². The predicted octanol–water partition coefficient (Wildman–Crippen LogP) is 1.79. The van der Waals surface area contributed by atoms with Crippen molar-refractivity contribution in [3.05, 3.63) is 12.2 Å². The first kappa shape index (κ1) is 14.7. The number of hydrogen-bond donors (Lipinski definition) is 0. The summed E-state index contributed by atoms with van der Waals surface area (Å²) in [4.78, 5) is 16.2. The SMILES string of the molecule is C=C(C)C(=O)N1CCN(C(C)(C)C)CC1CC#N. The van der Waals surface area contributed by atoms with Crippen molar-refractivity contribution >= 4 is 5.91 Å². The zero-order chi connectivity index (χ0) is 13.9. The molecule has 1 rings (SSSR count). The van der Waals surface area contributed by atoms with Crippen LogP contribution in [0.5, 0.6) is 0 Å². The molecule has 0 N–H and O–H groups in total. The first-order valence-electron chi connectivity index (χ1n) is 6.36. The maximum Gasteiger partial charge on any atom is 0.249 e. The van der Waals surface area contributed by atoms with Crippen LogP contribution in [0.2, 0.25) is 0 Å². The average Bonchev–Trinajstić information content (AvgIpc) is 2.27. The van der Waals surface area contributed by atoms with Crippen LogP contribution in [0.4, 0.5) is 0 Å². The van der Waals surface area contributed by atoms with E-state index in [2.05, 4.69) is 38.3 Å². The number of nitrogens with zero attached hydrogens (tertiary/aromatic N) is 3. The molecule has 1 atom stereocenters. The molecule has 4 nitrogen and oxygen atoms in total. The summed E-state index contributed by atoms with van der Waals surface area (Å²) in [6.07, 6.45) is 0.381. The van der Waals surface area contributed by atoms with Gasteiger partial charge < -0.3 is 4.90 Å². The third-order valence-electron chi connectivity index (χ3n) is 3.38. The number of rotatable bonds is 2. The van der Waals surface area contributed by atoms with Crippen LogP contribution in [0.1, 0.15) is 34.1 Å². The summed E-state index contributed by atoms with van der Waals surface area (Å²) < 4.78 is 0. The van der Waals surface area contributed by atoms with Crippen molar-refractivity contribution in [2.45, 2.75) is 45.7 Å². The lowest BCUT2D eigenvalue weighted by Crippen LogP contribution is -2.59. The van der Waals surface area contributed by atoms with E-state index in [4.69, 9.17) is 5.26 Å². The lowest BCUT2D eigenvalue weighted by Gasteiger charge is -2.46. The van der Waals surface area contributed by atoms with Crippen molar-refractivity contribution in [2.75, 3.05) is 19.6 Å². The molecule has 0 aromatic heterocycles. The van der Waals surface area contributed by atoms with Gasteiger partial charge in [0.05, 0.1) is 18.5 Å². The Hall–Kier alpha value is -1.34. The molecule has 1 fully saturated rings. The van der Waals surface area contributed by atoms with Crippen molar-refractivity contribution < 1.29 is 4.79 Å². The summed E-state index contributed by atoms with van der Waals surface area (Å²) in [5, 5.41) is 8.92. The van der Waals surface area contributed by atoms with E-state index in [1.54, 1.807) is 11.8 Å². The third kappa shape index (κ3) is 3.33. The van der Waals surface area contributed by atoms with Crippen molar-refractivity contribution in [2.24, 2.45) is 0 Å². The van der Waals surface area contributed by atoms with E-state index in [0.29, 0.717) is 18.5 Å². The Kier molecular flexibility index (Phi) is 4.53. The molecule has 18 heavy (non-hydrogen) atoms. The second-order valence-electron chi connectivity index (χ2n) is 5.91. The Morgan fingerprint density at radius 3 is 2.50 bits per heavy atom. The summed E-state index contributed by atoms with van der Waals surface area (Å²) >= 11 is 0. The molecule has 0 spiro atoms. The van der Waals surface area contributed by atoms with Crippen LogP contribution in [0.15, 0.2) is 12.2 Å². The molecule has 1 aliphatic rings. The molecule has 0 bridgehead atoms. The lowest BCUT2D eigenvalue weighted by atomic mass is 10.00. The molecule has 0 saturated carbocycles. The Bertz CT molecular complexity index is 375. The summed E-state index contributed by atoms with van der Waals surface area (Å²) in [6.45, 7) is 14.2. The smallest absolute Gasteiger partial charge is 0.249 e. The number of nitriles is 1. The lowest BCUT2D eigenvalue weighted by molar-refractivity contribution is -0.133. The molecule has 1 saturated heterocycles. The van der Waals surface area contributed by atoms with Crippen molar-refractivity contribution in [3.63, 3.8) is 0 Å². The predicted molar refractivity (Wildman–Crippen MR) is 71.9 cm³/mol. The monoisotopic (exact) mass is 249 g/mol. The van der Waals surface area contributed by atoms with Crippen LogP contribution in [0.25, 0.3) is 0 Å². The van der Waals surface area contributed by atoms with Gasteiger partial charge in [0.25, 0.3) is 0 Å². The first-order chi connectivity index (χ1) is 8.27. The van der Waals surface area contributed by atoms with E-state index in [-0.39, 0.29) is 17.5 Å². The van der Waals surface area contributed by atoms with Crippen LogP contribution >= 0.6 is 0 Å². The summed E-state index contributed by atoms with van der Waals surface area (Å²) in [6, 6.07) is 2.16. The van der Waals surface area contributed by atoms with Gasteiger partial charge in [-0.2, -0.15) is 5.26 Å². The van der Waals surface area contributed by atoms with Gasteiger partial charge in [-0.3, -0.25) is 9.69 Å². The number of carbonyl (C=O) groups excluding carboxylic acids is 1. The van der Waals surface area contributed by atoms with Gasteiger partial charge in [-0.1, -0.05) is 6.58 Å². The number of amides is 1. The fourth-order valence-corrected chi connectivity index (χ4v) is 2.26. The van der Waals surface area contributed by atoms with Gasteiger partial charge in [-0.15, -0.1) is 0 Å². The second kappa shape index (κ2) is 5.53. The highest BCUT2D eigenvalue weighted by molar-refractivity contribution is 5.92. The molecule has 4 heteroatoms. The Morgan fingerprint density at radius 2 is 2.06 bits per heavy atom. The summed E-state index contributed by atoms with van der Waals surface area (Å²) in [5.41, 5.74) is 0.619. The summed E-state index contributed by atoms with van der Waals surface area (Å²) in [7, 11) is 0. The van der Waals surface area contributed by atoms with Gasteiger partial charge in [-0.25, -0.2) is 0 Å². The van der Waals surface area contributed by atoms with Gasteiger partial charge in [0.1, 0.15) is 0 Å². The number of hydrogen-bond acceptors (Lipinski definition) is 3. The Balaban J connectivity index is 2.82. The van der Waals surface area contributed by atoms with E-state index in [9.17, 15) is 4.79 Å². The van der Waals surface area contributed by atoms with E-state index in [1.165, 1.54) is 0 Å².